The fourth-order valence-corrected chi connectivity index (χ4v) is 6.96. The summed E-state index contributed by atoms with van der Waals surface area (Å²) in [5.41, 5.74) is 4.70. The van der Waals surface area contributed by atoms with Crippen molar-refractivity contribution in [2.24, 2.45) is 5.41 Å². The van der Waals surface area contributed by atoms with Crippen molar-refractivity contribution < 1.29 is 14.7 Å². The minimum Gasteiger partial charge on any atom is -0.391 e. The first-order valence-electron chi connectivity index (χ1n) is 15.0. The Morgan fingerprint density at radius 1 is 1.11 bits per heavy atom. The molecule has 0 spiro atoms. The fourth-order valence-electron chi connectivity index (χ4n) is 6.96. The van der Waals surface area contributed by atoms with E-state index in [2.05, 4.69) is 59.7 Å². The molecule has 0 saturated carbocycles. The topological polar surface area (TPSA) is 91.4 Å². The highest BCUT2D eigenvalue weighted by atomic mass is 16.3. The van der Waals surface area contributed by atoms with Crippen LogP contribution in [-0.4, -0.2) is 101 Å². The zero-order valence-electron chi connectivity index (χ0n) is 24.4. The second-order valence-corrected chi connectivity index (χ2v) is 13.1. The van der Waals surface area contributed by atoms with E-state index >= 15 is 0 Å². The van der Waals surface area contributed by atoms with Crippen LogP contribution in [0.3, 0.4) is 0 Å². The van der Waals surface area contributed by atoms with Gasteiger partial charge in [0.05, 0.1) is 12.1 Å². The van der Waals surface area contributed by atoms with Crippen molar-refractivity contribution in [2.45, 2.75) is 122 Å². The van der Waals surface area contributed by atoms with Gasteiger partial charge in [-0.15, -0.1) is 0 Å². The summed E-state index contributed by atoms with van der Waals surface area (Å²) in [6.45, 7) is 8.39. The third-order valence-corrected chi connectivity index (χ3v) is 9.03. The molecule has 1 aliphatic carbocycles. The third kappa shape index (κ3) is 6.72. The van der Waals surface area contributed by atoms with Crippen molar-refractivity contribution in [2.75, 3.05) is 33.7 Å². The number of rotatable bonds is 6. The lowest BCUT2D eigenvalue weighted by Crippen LogP contribution is -2.60. The number of likely N-dealkylation sites (tertiary alicyclic amines) is 2. The molecule has 0 aromatic carbocycles. The minimum atomic E-state index is -0.681. The predicted molar refractivity (Wildman–Crippen MR) is 150 cm³/mol. The highest BCUT2D eigenvalue weighted by Crippen LogP contribution is 2.34. The third-order valence-electron chi connectivity index (χ3n) is 9.03. The van der Waals surface area contributed by atoms with Gasteiger partial charge in [0.25, 0.3) is 0 Å². The minimum absolute atomic E-state index is 0.0859. The maximum absolute atomic E-state index is 14.2. The van der Waals surface area contributed by atoms with Crippen LogP contribution in [0.25, 0.3) is 0 Å². The number of hydrazine groups is 2. The number of β-amino-alcohol motifs (C(OH)–C–C–N with tert-alkyl or cyclic N) is 1. The quantitative estimate of drug-likeness (QED) is 0.484. The second-order valence-electron chi connectivity index (χ2n) is 13.1. The zero-order chi connectivity index (χ0) is 27.4. The fraction of sp³-hybridized carbons (Fsp3) is 0.862. The average molecular weight is 533 g/mol. The molecule has 216 valence electrons. The molecule has 9 heteroatoms. The van der Waals surface area contributed by atoms with E-state index in [4.69, 9.17) is 0 Å². The van der Waals surface area contributed by atoms with E-state index in [1.165, 1.54) is 50.6 Å². The molecule has 0 bridgehead atoms. The molecule has 4 rings (SSSR count). The number of hydrogen-bond donors (Lipinski definition) is 3. The van der Waals surface area contributed by atoms with Crippen LogP contribution >= 0.6 is 0 Å². The molecular weight excluding hydrogens is 480 g/mol. The molecule has 3 heterocycles. The van der Waals surface area contributed by atoms with Gasteiger partial charge in [-0.1, -0.05) is 46.1 Å². The Morgan fingerprint density at radius 2 is 1.87 bits per heavy atom. The maximum atomic E-state index is 14.2. The van der Waals surface area contributed by atoms with Crippen molar-refractivity contribution in [3.8, 4) is 0 Å². The summed E-state index contributed by atoms with van der Waals surface area (Å²) >= 11 is 0. The summed E-state index contributed by atoms with van der Waals surface area (Å²) in [4.78, 5) is 31.0. The van der Waals surface area contributed by atoms with Crippen LogP contribution in [-0.2, 0) is 9.59 Å². The number of amides is 2. The zero-order valence-corrected chi connectivity index (χ0v) is 24.4. The van der Waals surface area contributed by atoms with E-state index in [0.29, 0.717) is 6.04 Å². The molecule has 0 aromatic heterocycles. The Hall–Kier alpha value is -1.68. The van der Waals surface area contributed by atoms with Crippen molar-refractivity contribution >= 4 is 11.8 Å². The van der Waals surface area contributed by atoms with Gasteiger partial charge in [-0.25, -0.2) is 5.01 Å². The van der Waals surface area contributed by atoms with E-state index in [1.807, 2.05) is 0 Å². The van der Waals surface area contributed by atoms with E-state index in [9.17, 15) is 14.7 Å². The molecule has 9 nitrogen and oxygen atoms in total. The molecule has 4 aliphatic rings. The van der Waals surface area contributed by atoms with E-state index in [-0.39, 0.29) is 36.2 Å². The van der Waals surface area contributed by atoms with Crippen LogP contribution in [0, 0.1) is 5.41 Å². The van der Waals surface area contributed by atoms with Crippen molar-refractivity contribution in [1.82, 2.24) is 30.7 Å². The number of nitrogens with one attached hydrogen (secondary N) is 2. The SMILES string of the molecule is CNC(=O)C1CC(O)CN1C(=O)C(N1CC(CC2CCCCN2C)N(/C2=C/CCCCCC2)N1)C(C)(C)C. The van der Waals surface area contributed by atoms with Gasteiger partial charge in [0.15, 0.2) is 0 Å². The first kappa shape index (κ1) is 29.3. The highest BCUT2D eigenvalue weighted by Gasteiger charge is 2.49. The second kappa shape index (κ2) is 12.7. The molecule has 0 aromatic rings. The normalized spacial score (nSPS) is 32.4. The summed E-state index contributed by atoms with van der Waals surface area (Å²) in [5.74, 6) is -0.298. The first-order valence-corrected chi connectivity index (χ1v) is 15.0. The molecule has 3 fully saturated rings. The molecule has 3 saturated heterocycles. The molecule has 0 radical (unpaired) electrons. The van der Waals surface area contributed by atoms with Crippen molar-refractivity contribution in [3.63, 3.8) is 0 Å². The first-order chi connectivity index (χ1) is 18.1. The Kier molecular flexibility index (Phi) is 9.77. The van der Waals surface area contributed by atoms with Crippen LogP contribution in [0.1, 0.15) is 91.4 Å². The molecule has 5 unspecified atom stereocenters. The Bertz CT molecular complexity index is 858. The average Bonchev–Trinajstić information content (AvgIpc) is 3.42. The largest absolute Gasteiger partial charge is 0.391 e. The van der Waals surface area contributed by atoms with Crippen LogP contribution in [0.4, 0.5) is 0 Å². The van der Waals surface area contributed by atoms with E-state index in [0.717, 1.165) is 32.4 Å². The van der Waals surface area contributed by atoms with E-state index in [1.54, 1.807) is 11.9 Å². The molecule has 5 atom stereocenters. The predicted octanol–water partition coefficient (Wildman–Crippen LogP) is 2.63. The van der Waals surface area contributed by atoms with Gasteiger partial charge in [0.2, 0.25) is 11.8 Å². The molecule has 3 aliphatic heterocycles. The summed E-state index contributed by atoms with van der Waals surface area (Å²) in [7, 11) is 3.84. The number of carbonyl (C=O) groups is 2. The van der Waals surface area contributed by atoms with Crippen molar-refractivity contribution in [3.05, 3.63) is 11.8 Å². The number of allylic oxidation sites excluding steroid dienone is 2. The molecule has 2 amide bonds. The Morgan fingerprint density at radius 3 is 2.58 bits per heavy atom. The number of carbonyl (C=O) groups excluding carboxylic acids is 2. The van der Waals surface area contributed by atoms with Gasteiger partial charge < -0.3 is 20.2 Å². The summed E-state index contributed by atoms with van der Waals surface area (Å²) in [5, 5.41) is 17.6. The monoisotopic (exact) mass is 532 g/mol. The summed E-state index contributed by atoms with van der Waals surface area (Å²) in [6, 6.07) is -0.290. The van der Waals surface area contributed by atoms with E-state index < -0.39 is 18.2 Å². The highest BCUT2D eigenvalue weighted by molar-refractivity contribution is 5.90. The number of hydrogen-bond acceptors (Lipinski definition) is 7. The number of nitrogens with zero attached hydrogens (tertiary/aromatic N) is 4. The van der Waals surface area contributed by atoms with Crippen LogP contribution in [0.2, 0.25) is 0 Å². The van der Waals surface area contributed by atoms with Gasteiger partial charge >= 0.3 is 0 Å². The lowest BCUT2D eigenvalue weighted by atomic mass is 9.85. The molecule has 38 heavy (non-hydrogen) atoms. The number of aliphatic hydroxyl groups excluding tert-OH is 1. The Labute approximate surface area is 229 Å². The van der Waals surface area contributed by atoms with Gasteiger partial charge in [-0.05, 0) is 64.0 Å². The van der Waals surface area contributed by atoms with Gasteiger partial charge in [-0.2, -0.15) is 5.53 Å². The molecule has 3 N–H and O–H groups in total. The number of aliphatic hydroxyl groups is 1. The smallest absolute Gasteiger partial charge is 0.242 e. The standard InChI is InChI=1S/C29H52N6O3/c1-29(2,3)26(28(38)33-20-24(36)18-25(33)27(37)30-4)34-19-23(17-22-15-11-12-16-32(22)5)35(31-34)21-13-9-7-6-8-10-14-21/h13,22-26,31,36H,6-12,14-20H2,1-5H3,(H,30,37)/b21-13+. The van der Waals surface area contributed by atoms with Crippen molar-refractivity contribution in [1.29, 1.82) is 0 Å². The van der Waals surface area contributed by atoms with Crippen LogP contribution in [0.15, 0.2) is 11.8 Å². The molecular formula is C29H52N6O3. The van der Waals surface area contributed by atoms with Gasteiger partial charge in [0, 0.05) is 38.3 Å². The van der Waals surface area contributed by atoms with Crippen LogP contribution in [0.5, 0.6) is 0 Å². The maximum Gasteiger partial charge on any atom is 0.242 e. The van der Waals surface area contributed by atoms with Gasteiger partial charge in [-0.3, -0.25) is 14.6 Å². The number of piperidine rings is 1. The Balaban J connectivity index is 1.61. The van der Waals surface area contributed by atoms with Crippen LogP contribution < -0.4 is 10.9 Å². The lowest BCUT2D eigenvalue weighted by molar-refractivity contribution is -0.148. The summed E-state index contributed by atoms with van der Waals surface area (Å²) in [6.07, 6.45) is 14.0. The summed E-state index contributed by atoms with van der Waals surface area (Å²) < 4.78 is 0. The number of likely N-dealkylation sites (N-methyl/N-ethyl adjacent to an activating group) is 1. The van der Waals surface area contributed by atoms with Gasteiger partial charge in [0.1, 0.15) is 12.1 Å². The lowest BCUT2D eigenvalue weighted by Gasteiger charge is -2.40.